The number of nitrogens with one attached hydrogen (secondary N) is 1. The van der Waals surface area contributed by atoms with Gasteiger partial charge < -0.3 is 9.84 Å². The van der Waals surface area contributed by atoms with Gasteiger partial charge in [-0.15, -0.1) is 0 Å². The van der Waals surface area contributed by atoms with Gasteiger partial charge in [-0.05, 0) is 37.0 Å². The minimum absolute atomic E-state index is 0.0529. The van der Waals surface area contributed by atoms with Crippen LogP contribution in [0.15, 0.2) is 18.2 Å². The van der Waals surface area contributed by atoms with Crippen LogP contribution in [0.1, 0.15) is 42.1 Å². The van der Waals surface area contributed by atoms with Gasteiger partial charge in [-0.3, -0.25) is 4.79 Å². The first-order chi connectivity index (χ1) is 9.20. The fourth-order valence-electron chi connectivity index (χ4n) is 1.96. The topological polar surface area (TPSA) is 67.8 Å². The number of carbonyl (C=O) groups excluding carboxylic acids is 1. The molecular weight excluding hydrogens is 246 g/mol. The summed E-state index contributed by atoms with van der Waals surface area (Å²) in [4.78, 5) is 17.1. The van der Waals surface area contributed by atoms with Gasteiger partial charge in [0.1, 0.15) is 5.75 Å². The molecule has 0 unspecified atom stereocenters. The molecule has 5 heteroatoms. The molecule has 1 aromatic rings. The number of amides is 1. The summed E-state index contributed by atoms with van der Waals surface area (Å²) in [5.41, 5.74) is 3.54. The van der Waals surface area contributed by atoms with Crippen LogP contribution in [0.2, 0.25) is 0 Å². The predicted octanol–water partition coefficient (Wildman–Crippen LogP) is 2.14. The van der Waals surface area contributed by atoms with E-state index in [9.17, 15) is 9.90 Å². The maximum Gasteiger partial charge on any atom is 0.278 e. The van der Waals surface area contributed by atoms with E-state index in [1.165, 1.54) is 6.07 Å². The number of hydroxylamine groups is 1. The number of aryl methyl sites for hydroxylation is 1. The Hall–Kier alpha value is -1.59. The van der Waals surface area contributed by atoms with E-state index in [1.54, 1.807) is 12.1 Å². The molecule has 0 bridgehead atoms. The Bertz CT molecular complexity index is 441. The highest BCUT2D eigenvalue weighted by atomic mass is 16.8. The molecule has 2 rings (SSSR count). The summed E-state index contributed by atoms with van der Waals surface area (Å²) in [5, 5.41) is 9.69. The molecule has 104 valence electrons. The SMILES string of the molecule is CCc1ccc(O)c(C(=O)NO[C@H]2CCCCO2)c1. The first-order valence-electron chi connectivity index (χ1n) is 6.60. The van der Waals surface area contributed by atoms with Gasteiger partial charge in [0, 0.05) is 13.0 Å². The molecule has 0 radical (unpaired) electrons. The minimum atomic E-state index is -0.457. The largest absolute Gasteiger partial charge is 0.507 e. The van der Waals surface area contributed by atoms with Crippen molar-refractivity contribution >= 4 is 5.91 Å². The fourth-order valence-corrected chi connectivity index (χ4v) is 1.96. The van der Waals surface area contributed by atoms with Crippen LogP contribution in [0.25, 0.3) is 0 Å². The van der Waals surface area contributed by atoms with Crippen molar-refractivity contribution in [3.8, 4) is 5.75 Å². The van der Waals surface area contributed by atoms with Gasteiger partial charge in [-0.25, -0.2) is 10.3 Å². The van der Waals surface area contributed by atoms with Crippen molar-refractivity contribution in [3.63, 3.8) is 0 Å². The zero-order valence-corrected chi connectivity index (χ0v) is 11.0. The third kappa shape index (κ3) is 3.68. The van der Waals surface area contributed by atoms with Gasteiger partial charge in [0.25, 0.3) is 5.91 Å². The van der Waals surface area contributed by atoms with Crippen LogP contribution in [0.4, 0.5) is 0 Å². The summed E-state index contributed by atoms with van der Waals surface area (Å²) >= 11 is 0. The summed E-state index contributed by atoms with van der Waals surface area (Å²) in [6, 6.07) is 4.97. The highest BCUT2D eigenvalue weighted by Gasteiger charge is 2.17. The second-order valence-corrected chi connectivity index (χ2v) is 4.55. The average Bonchev–Trinajstić information content (AvgIpc) is 2.46. The molecule has 1 aliphatic rings. The van der Waals surface area contributed by atoms with E-state index in [4.69, 9.17) is 9.57 Å². The smallest absolute Gasteiger partial charge is 0.278 e. The molecule has 5 nitrogen and oxygen atoms in total. The fraction of sp³-hybridized carbons (Fsp3) is 0.500. The molecule has 0 aromatic heterocycles. The standard InChI is InChI=1S/C14H19NO4/c1-2-10-6-7-12(16)11(9-10)14(17)15-19-13-5-3-4-8-18-13/h6-7,9,13,16H,2-5,8H2,1H3,(H,15,17)/t13-/m0/s1. The monoisotopic (exact) mass is 265 g/mol. The van der Waals surface area contributed by atoms with Crippen LogP contribution in [0.3, 0.4) is 0 Å². The lowest BCUT2D eigenvalue weighted by Gasteiger charge is -2.22. The predicted molar refractivity (Wildman–Crippen MR) is 69.6 cm³/mol. The van der Waals surface area contributed by atoms with E-state index in [0.29, 0.717) is 6.61 Å². The number of hydrogen-bond acceptors (Lipinski definition) is 4. The zero-order valence-electron chi connectivity index (χ0n) is 11.0. The molecule has 1 heterocycles. The van der Waals surface area contributed by atoms with Crippen LogP contribution in [0, 0.1) is 0 Å². The van der Waals surface area contributed by atoms with Gasteiger partial charge in [-0.1, -0.05) is 13.0 Å². The first-order valence-corrected chi connectivity index (χ1v) is 6.60. The Kier molecular flexibility index (Phi) is 4.76. The number of benzene rings is 1. The Morgan fingerprint density at radius 2 is 2.37 bits per heavy atom. The maximum absolute atomic E-state index is 11.9. The summed E-state index contributed by atoms with van der Waals surface area (Å²) in [5.74, 6) is -0.509. The summed E-state index contributed by atoms with van der Waals surface area (Å²) in [7, 11) is 0. The lowest BCUT2D eigenvalue weighted by atomic mass is 10.1. The Morgan fingerprint density at radius 1 is 1.53 bits per heavy atom. The number of phenols is 1. The van der Waals surface area contributed by atoms with E-state index >= 15 is 0 Å². The van der Waals surface area contributed by atoms with Gasteiger partial charge in [0.15, 0.2) is 6.29 Å². The van der Waals surface area contributed by atoms with Gasteiger partial charge in [-0.2, -0.15) is 0 Å². The number of carbonyl (C=O) groups is 1. The Balaban J connectivity index is 1.95. The van der Waals surface area contributed by atoms with Crippen molar-refractivity contribution < 1.29 is 19.5 Å². The van der Waals surface area contributed by atoms with E-state index in [-0.39, 0.29) is 11.3 Å². The van der Waals surface area contributed by atoms with Crippen LogP contribution < -0.4 is 5.48 Å². The molecule has 0 aliphatic carbocycles. The number of aromatic hydroxyl groups is 1. The molecule has 0 saturated carbocycles. The summed E-state index contributed by atoms with van der Waals surface area (Å²) in [6.45, 7) is 2.64. The molecule has 1 fully saturated rings. The van der Waals surface area contributed by atoms with Crippen LogP contribution in [-0.4, -0.2) is 23.9 Å². The van der Waals surface area contributed by atoms with Gasteiger partial charge in [0.05, 0.1) is 5.56 Å². The molecule has 1 aromatic carbocycles. The number of phenolic OH excluding ortho intramolecular Hbond substituents is 1. The summed E-state index contributed by atoms with van der Waals surface area (Å²) in [6.07, 6.45) is 3.22. The van der Waals surface area contributed by atoms with Crippen molar-refractivity contribution in [1.82, 2.24) is 5.48 Å². The van der Waals surface area contributed by atoms with Crippen molar-refractivity contribution in [2.24, 2.45) is 0 Å². The van der Waals surface area contributed by atoms with Gasteiger partial charge >= 0.3 is 0 Å². The van der Waals surface area contributed by atoms with Crippen molar-refractivity contribution in [2.75, 3.05) is 6.61 Å². The van der Waals surface area contributed by atoms with Crippen LogP contribution in [-0.2, 0) is 16.0 Å². The average molecular weight is 265 g/mol. The lowest BCUT2D eigenvalue weighted by molar-refractivity contribution is -0.186. The van der Waals surface area contributed by atoms with E-state index in [0.717, 1.165) is 31.2 Å². The normalized spacial score (nSPS) is 19.1. The Morgan fingerprint density at radius 3 is 3.05 bits per heavy atom. The van der Waals surface area contributed by atoms with Crippen molar-refractivity contribution in [1.29, 1.82) is 0 Å². The van der Waals surface area contributed by atoms with Crippen LogP contribution >= 0.6 is 0 Å². The minimum Gasteiger partial charge on any atom is -0.507 e. The number of rotatable bonds is 4. The number of hydrogen-bond donors (Lipinski definition) is 2. The molecule has 0 spiro atoms. The third-order valence-corrected chi connectivity index (χ3v) is 3.13. The highest BCUT2D eigenvalue weighted by molar-refractivity contribution is 5.96. The van der Waals surface area contributed by atoms with Crippen LogP contribution in [0.5, 0.6) is 5.75 Å². The molecule has 1 saturated heterocycles. The van der Waals surface area contributed by atoms with E-state index in [2.05, 4.69) is 5.48 Å². The highest BCUT2D eigenvalue weighted by Crippen LogP contribution is 2.19. The molecule has 1 amide bonds. The second kappa shape index (κ2) is 6.54. The Labute approximate surface area is 112 Å². The van der Waals surface area contributed by atoms with Crippen molar-refractivity contribution in [3.05, 3.63) is 29.3 Å². The second-order valence-electron chi connectivity index (χ2n) is 4.55. The molecule has 1 aliphatic heterocycles. The quantitative estimate of drug-likeness (QED) is 0.818. The first kappa shape index (κ1) is 13.8. The molecule has 19 heavy (non-hydrogen) atoms. The molecule has 1 atom stereocenters. The summed E-state index contributed by atoms with van der Waals surface area (Å²) < 4.78 is 5.34. The molecule has 2 N–H and O–H groups in total. The number of ether oxygens (including phenoxy) is 1. The maximum atomic E-state index is 11.9. The van der Waals surface area contributed by atoms with Gasteiger partial charge in [0.2, 0.25) is 0 Å². The van der Waals surface area contributed by atoms with E-state index < -0.39 is 12.2 Å². The molecular formula is C14H19NO4. The van der Waals surface area contributed by atoms with Crippen molar-refractivity contribution in [2.45, 2.75) is 38.9 Å². The zero-order chi connectivity index (χ0) is 13.7. The van der Waals surface area contributed by atoms with E-state index in [1.807, 2.05) is 6.92 Å². The lowest BCUT2D eigenvalue weighted by Crippen LogP contribution is -2.33. The third-order valence-electron chi connectivity index (χ3n) is 3.13.